The molecule has 1 rings (SSSR count). The second-order valence-corrected chi connectivity index (χ2v) is 5.86. The topological polar surface area (TPSA) is 42.3 Å². The van der Waals surface area contributed by atoms with E-state index in [1.165, 1.54) is 39.1 Å². The molecule has 1 saturated heterocycles. The molecule has 0 aromatic carbocycles. The van der Waals surface area contributed by atoms with Gasteiger partial charge >= 0.3 is 0 Å². The normalized spacial score (nSPS) is 20.5. The summed E-state index contributed by atoms with van der Waals surface area (Å²) in [6, 6.07) is 2.49. The van der Waals surface area contributed by atoms with Crippen LogP contribution in [0.1, 0.15) is 46.5 Å². The lowest BCUT2D eigenvalue weighted by Gasteiger charge is -2.35. The third-order valence-corrected chi connectivity index (χ3v) is 4.42. The fourth-order valence-electron chi connectivity index (χ4n) is 3.06. The molecule has 1 aliphatic heterocycles. The summed E-state index contributed by atoms with van der Waals surface area (Å²) in [5.41, 5.74) is -0.307. The molecule has 0 aliphatic carbocycles. The van der Waals surface area contributed by atoms with E-state index in [1.54, 1.807) is 0 Å². The second kappa shape index (κ2) is 9.33. The lowest BCUT2D eigenvalue weighted by molar-refractivity contribution is 0.129. The van der Waals surface area contributed by atoms with Gasteiger partial charge in [-0.15, -0.1) is 0 Å². The second-order valence-electron chi connectivity index (χ2n) is 5.86. The number of piperazine rings is 1. The molecule has 0 radical (unpaired) electrons. The maximum absolute atomic E-state index is 9.41. The van der Waals surface area contributed by atoms with Crippen molar-refractivity contribution < 1.29 is 0 Å². The Labute approximate surface area is 125 Å². The molecule has 0 saturated carbocycles. The molecule has 0 amide bonds. The quantitative estimate of drug-likeness (QED) is 0.702. The van der Waals surface area contributed by atoms with Crippen LogP contribution in [0.2, 0.25) is 0 Å². The highest BCUT2D eigenvalue weighted by Gasteiger charge is 2.26. The number of nitrogens with zero attached hydrogens (tertiary/aromatic N) is 3. The average molecular weight is 280 g/mol. The van der Waals surface area contributed by atoms with Crippen LogP contribution in [-0.2, 0) is 0 Å². The Morgan fingerprint density at radius 1 is 1.05 bits per heavy atom. The van der Waals surface area contributed by atoms with E-state index >= 15 is 0 Å². The van der Waals surface area contributed by atoms with E-state index in [0.29, 0.717) is 0 Å². The summed E-state index contributed by atoms with van der Waals surface area (Å²) in [6.07, 6.45) is 4.22. The molecule has 1 unspecified atom stereocenters. The smallest absolute Gasteiger partial charge is 0.106 e. The van der Waals surface area contributed by atoms with Crippen LogP contribution in [0.5, 0.6) is 0 Å². The van der Waals surface area contributed by atoms with Crippen molar-refractivity contribution in [3.05, 3.63) is 0 Å². The Kier molecular flexibility index (Phi) is 8.13. The number of hydrogen-bond acceptors (Lipinski definition) is 4. The predicted molar refractivity (Wildman–Crippen MR) is 84.7 cm³/mol. The molecule has 1 fully saturated rings. The Balaban J connectivity index is 2.25. The van der Waals surface area contributed by atoms with Crippen molar-refractivity contribution in [3.8, 4) is 6.07 Å². The van der Waals surface area contributed by atoms with Gasteiger partial charge in [-0.25, -0.2) is 0 Å². The standard InChI is InChI=1S/C16H32N4/c1-4-9-19-11-13-20(14-12-19)10-7-8-16(5-2,15-17)18-6-3/h18H,4-14H2,1-3H3. The fourth-order valence-corrected chi connectivity index (χ4v) is 3.06. The average Bonchev–Trinajstić information content (AvgIpc) is 2.48. The molecule has 0 bridgehead atoms. The first-order chi connectivity index (χ1) is 9.69. The molecule has 20 heavy (non-hydrogen) atoms. The van der Waals surface area contributed by atoms with Gasteiger partial charge in [0.05, 0.1) is 6.07 Å². The van der Waals surface area contributed by atoms with Crippen LogP contribution in [0.3, 0.4) is 0 Å². The Bertz CT molecular complexity index is 291. The van der Waals surface area contributed by atoms with Crippen LogP contribution in [-0.4, -0.2) is 61.2 Å². The van der Waals surface area contributed by atoms with Gasteiger partial charge in [-0.1, -0.05) is 20.8 Å². The number of rotatable bonds is 9. The largest absolute Gasteiger partial charge is 0.301 e. The van der Waals surface area contributed by atoms with Gasteiger partial charge in [-0.3, -0.25) is 5.32 Å². The maximum atomic E-state index is 9.41. The molecule has 1 heterocycles. The van der Waals surface area contributed by atoms with Crippen LogP contribution < -0.4 is 5.32 Å². The summed E-state index contributed by atoms with van der Waals surface area (Å²) in [6.45, 7) is 14.5. The van der Waals surface area contributed by atoms with Crippen LogP contribution in [0.4, 0.5) is 0 Å². The summed E-state index contributed by atoms with van der Waals surface area (Å²) < 4.78 is 0. The van der Waals surface area contributed by atoms with Gasteiger partial charge < -0.3 is 9.80 Å². The Hall–Kier alpha value is -0.630. The summed E-state index contributed by atoms with van der Waals surface area (Å²) in [5, 5.41) is 12.8. The van der Waals surface area contributed by atoms with Crippen molar-refractivity contribution in [2.24, 2.45) is 0 Å². The number of hydrogen-bond donors (Lipinski definition) is 1. The van der Waals surface area contributed by atoms with E-state index < -0.39 is 0 Å². The Morgan fingerprint density at radius 2 is 1.65 bits per heavy atom. The summed E-state index contributed by atoms with van der Waals surface area (Å²) >= 11 is 0. The summed E-state index contributed by atoms with van der Waals surface area (Å²) in [5.74, 6) is 0. The zero-order valence-corrected chi connectivity index (χ0v) is 13.6. The van der Waals surface area contributed by atoms with Crippen molar-refractivity contribution in [2.75, 3.05) is 45.8 Å². The van der Waals surface area contributed by atoms with Gasteiger partial charge in [-0.2, -0.15) is 5.26 Å². The van der Waals surface area contributed by atoms with Crippen LogP contribution in [0, 0.1) is 11.3 Å². The molecular weight excluding hydrogens is 248 g/mol. The molecule has 1 atom stereocenters. The molecule has 1 N–H and O–H groups in total. The van der Waals surface area contributed by atoms with Crippen molar-refractivity contribution in [3.63, 3.8) is 0 Å². The third kappa shape index (κ3) is 5.40. The first-order valence-corrected chi connectivity index (χ1v) is 8.30. The summed E-state index contributed by atoms with van der Waals surface area (Å²) in [7, 11) is 0. The third-order valence-electron chi connectivity index (χ3n) is 4.42. The molecule has 0 aromatic heterocycles. The van der Waals surface area contributed by atoms with Crippen molar-refractivity contribution >= 4 is 0 Å². The van der Waals surface area contributed by atoms with Crippen LogP contribution in [0.15, 0.2) is 0 Å². The van der Waals surface area contributed by atoms with E-state index in [-0.39, 0.29) is 5.54 Å². The lowest BCUT2D eigenvalue weighted by Crippen LogP contribution is -2.47. The summed E-state index contributed by atoms with van der Waals surface area (Å²) in [4.78, 5) is 5.11. The predicted octanol–water partition coefficient (Wildman–Crippen LogP) is 2.08. The van der Waals surface area contributed by atoms with E-state index in [4.69, 9.17) is 0 Å². The van der Waals surface area contributed by atoms with Gasteiger partial charge in [0, 0.05) is 26.2 Å². The van der Waals surface area contributed by atoms with Gasteiger partial charge in [0.15, 0.2) is 0 Å². The van der Waals surface area contributed by atoms with Gasteiger partial charge in [0.1, 0.15) is 5.54 Å². The van der Waals surface area contributed by atoms with Gasteiger partial charge in [-0.05, 0) is 45.3 Å². The molecule has 116 valence electrons. The zero-order valence-electron chi connectivity index (χ0n) is 13.6. The van der Waals surface area contributed by atoms with Crippen molar-refractivity contribution in [2.45, 2.75) is 52.0 Å². The highest BCUT2D eigenvalue weighted by Crippen LogP contribution is 2.17. The van der Waals surface area contributed by atoms with Gasteiger partial charge in [0.25, 0.3) is 0 Å². The van der Waals surface area contributed by atoms with Crippen LogP contribution in [0.25, 0.3) is 0 Å². The van der Waals surface area contributed by atoms with Crippen molar-refractivity contribution in [1.82, 2.24) is 15.1 Å². The molecule has 4 nitrogen and oxygen atoms in total. The fraction of sp³-hybridized carbons (Fsp3) is 0.938. The first-order valence-electron chi connectivity index (χ1n) is 8.30. The number of nitrogens with one attached hydrogen (secondary N) is 1. The first kappa shape index (κ1) is 17.4. The molecule has 1 aliphatic rings. The minimum Gasteiger partial charge on any atom is -0.301 e. The van der Waals surface area contributed by atoms with E-state index in [0.717, 1.165) is 32.4 Å². The highest BCUT2D eigenvalue weighted by molar-refractivity contribution is 5.06. The molecule has 4 heteroatoms. The zero-order chi connectivity index (χ0) is 14.8. The van der Waals surface area contributed by atoms with Crippen molar-refractivity contribution in [1.29, 1.82) is 5.26 Å². The van der Waals surface area contributed by atoms with Gasteiger partial charge in [0.2, 0.25) is 0 Å². The van der Waals surface area contributed by atoms with E-state index in [2.05, 4.69) is 42.0 Å². The molecule has 0 spiro atoms. The SMILES string of the molecule is CCCN1CCN(CCCC(C#N)(CC)NCC)CC1. The molecule has 0 aromatic rings. The Morgan fingerprint density at radius 3 is 2.10 bits per heavy atom. The lowest BCUT2D eigenvalue weighted by atomic mass is 9.92. The minimum absolute atomic E-state index is 0.307. The molecular formula is C16H32N4. The van der Waals surface area contributed by atoms with E-state index in [9.17, 15) is 5.26 Å². The monoisotopic (exact) mass is 280 g/mol. The number of nitriles is 1. The van der Waals surface area contributed by atoms with E-state index in [1.807, 2.05) is 0 Å². The highest BCUT2D eigenvalue weighted by atomic mass is 15.3. The van der Waals surface area contributed by atoms with Crippen LogP contribution >= 0.6 is 0 Å². The minimum atomic E-state index is -0.307. The maximum Gasteiger partial charge on any atom is 0.106 e.